The minimum Gasteiger partial charge on any atom is -0.497 e. The minimum absolute atomic E-state index is 0.0186. The molecule has 0 spiro atoms. The molecule has 0 radical (unpaired) electrons. The molecule has 1 amide bonds. The maximum absolute atomic E-state index is 12.9. The standard InChI is InChI=1S/C22H28ClN3O5S/c1-4-31-21-10-9-19(15-20(21)23)32(28,29)24-16(2)22(27)26-13-11-25(12-14-26)17-5-7-18(30-3)8-6-17/h5-10,15-16,24H,4,11-14H2,1-3H3/t16-/m0/s1. The summed E-state index contributed by atoms with van der Waals surface area (Å²) in [5.74, 6) is 0.935. The number of halogens is 1. The third kappa shape index (κ3) is 5.65. The first-order valence-corrected chi connectivity index (χ1v) is 12.2. The number of nitrogens with one attached hydrogen (secondary N) is 1. The Bertz CT molecular complexity index is 1040. The second kappa shape index (κ2) is 10.4. The van der Waals surface area contributed by atoms with Gasteiger partial charge in [0.05, 0.1) is 29.7 Å². The van der Waals surface area contributed by atoms with Gasteiger partial charge in [-0.2, -0.15) is 4.72 Å². The topological polar surface area (TPSA) is 88.2 Å². The number of carbonyl (C=O) groups is 1. The number of hydrogen-bond acceptors (Lipinski definition) is 6. The van der Waals surface area contributed by atoms with Crippen LogP contribution in [0.3, 0.4) is 0 Å². The summed E-state index contributed by atoms with van der Waals surface area (Å²) in [6.07, 6.45) is 0. The Morgan fingerprint density at radius 2 is 1.78 bits per heavy atom. The molecule has 0 bridgehead atoms. The largest absolute Gasteiger partial charge is 0.497 e. The van der Waals surface area contributed by atoms with Crippen LogP contribution in [0.15, 0.2) is 47.4 Å². The highest BCUT2D eigenvalue weighted by Gasteiger charge is 2.28. The maximum Gasteiger partial charge on any atom is 0.241 e. The molecule has 174 valence electrons. The summed E-state index contributed by atoms with van der Waals surface area (Å²) in [5.41, 5.74) is 1.05. The van der Waals surface area contributed by atoms with E-state index in [0.29, 0.717) is 38.5 Å². The Morgan fingerprint density at radius 3 is 2.34 bits per heavy atom. The summed E-state index contributed by atoms with van der Waals surface area (Å²) in [6, 6.07) is 11.1. The molecule has 10 heteroatoms. The number of ether oxygens (including phenoxy) is 2. The number of hydrogen-bond donors (Lipinski definition) is 1. The molecule has 1 aliphatic heterocycles. The summed E-state index contributed by atoms with van der Waals surface area (Å²) in [5, 5.41) is 0.198. The zero-order chi connectivity index (χ0) is 23.3. The van der Waals surface area contributed by atoms with E-state index in [2.05, 4.69) is 9.62 Å². The smallest absolute Gasteiger partial charge is 0.241 e. The molecule has 0 aromatic heterocycles. The van der Waals surface area contributed by atoms with Crippen molar-refractivity contribution in [3.05, 3.63) is 47.5 Å². The number of sulfonamides is 1. The Balaban J connectivity index is 1.59. The lowest BCUT2D eigenvalue weighted by Crippen LogP contribution is -2.54. The van der Waals surface area contributed by atoms with E-state index >= 15 is 0 Å². The van der Waals surface area contributed by atoms with E-state index in [0.717, 1.165) is 11.4 Å². The van der Waals surface area contributed by atoms with Crippen LogP contribution in [0.25, 0.3) is 0 Å². The quantitative estimate of drug-likeness (QED) is 0.623. The number of nitrogens with zero attached hydrogens (tertiary/aromatic N) is 2. The summed E-state index contributed by atoms with van der Waals surface area (Å²) in [7, 11) is -2.29. The molecule has 1 N–H and O–H groups in total. The van der Waals surface area contributed by atoms with Gasteiger partial charge in [0.25, 0.3) is 0 Å². The van der Waals surface area contributed by atoms with Crippen molar-refractivity contribution in [1.29, 1.82) is 0 Å². The van der Waals surface area contributed by atoms with Gasteiger partial charge >= 0.3 is 0 Å². The molecule has 1 saturated heterocycles. The van der Waals surface area contributed by atoms with E-state index < -0.39 is 16.1 Å². The van der Waals surface area contributed by atoms with Crippen molar-refractivity contribution in [2.24, 2.45) is 0 Å². The van der Waals surface area contributed by atoms with Gasteiger partial charge in [0.1, 0.15) is 11.5 Å². The highest BCUT2D eigenvalue weighted by molar-refractivity contribution is 7.89. The van der Waals surface area contributed by atoms with Gasteiger partial charge < -0.3 is 19.3 Å². The van der Waals surface area contributed by atoms with Crippen molar-refractivity contribution in [2.45, 2.75) is 24.8 Å². The molecule has 32 heavy (non-hydrogen) atoms. The first-order chi connectivity index (χ1) is 15.2. The van der Waals surface area contributed by atoms with Crippen LogP contribution < -0.4 is 19.1 Å². The number of amides is 1. The Kier molecular flexibility index (Phi) is 7.86. The number of carbonyl (C=O) groups excluding carboxylic acids is 1. The van der Waals surface area contributed by atoms with Gasteiger partial charge in [0, 0.05) is 31.9 Å². The van der Waals surface area contributed by atoms with Gasteiger partial charge in [-0.05, 0) is 56.3 Å². The summed E-state index contributed by atoms with van der Waals surface area (Å²) in [4.78, 5) is 16.7. The van der Waals surface area contributed by atoms with Crippen molar-refractivity contribution >= 4 is 33.2 Å². The molecule has 0 aliphatic carbocycles. The lowest BCUT2D eigenvalue weighted by atomic mass is 10.2. The lowest BCUT2D eigenvalue weighted by Gasteiger charge is -2.37. The highest BCUT2D eigenvalue weighted by atomic mass is 35.5. The zero-order valence-corrected chi connectivity index (χ0v) is 19.9. The number of anilines is 1. The summed E-state index contributed by atoms with van der Waals surface area (Å²) < 4.78 is 38.5. The molecule has 8 nitrogen and oxygen atoms in total. The van der Waals surface area contributed by atoms with Crippen molar-refractivity contribution in [1.82, 2.24) is 9.62 Å². The lowest BCUT2D eigenvalue weighted by molar-refractivity contribution is -0.132. The van der Waals surface area contributed by atoms with Crippen LogP contribution in [-0.4, -0.2) is 65.2 Å². The third-order valence-corrected chi connectivity index (χ3v) is 7.08. The highest BCUT2D eigenvalue weighted by Crippen LogP contribution is 2.27. The van der Waals surface area contributed by atoms with Gasteiger partial charge in [0.15, 0.2) is 0 Å². The van der Waals surface area contributed by atoms with Crippen molar-refractivity contribution in [3.63, 3.8) is 0 Å². The van der Waals surface area contributed by atoms with Gasteiger partial charge in [0.2, 0.25) is 15.9 Å². The molecular weight excluding hydrogens is 454 g/mol. The number of benzene rings is 2. The number of piperazine rings is 1. The maximum atomic E-state index is 12.9. The Labute approximate surface area is 194 Å². The third-order valence-electron chi connectivity index (χ3n) is 5.24. The van der Waals surface area contributed by atoms with Gasteiger partial charge in [-0.3, -0.25) is 4.79 Å². The Hall–Kier alpha value is -2.49. The molecule has 1 fully saturated rings. The van der Waals surface area contributed by atoms with Gasteiger partial charge in [-0.1, -0.05) is 11.6 Å². The fraction of sp³-hybridized carbons (Fsp3) is 0.409. The van der Waals surface area contributed by atoms with Crippen LogP contribution >= 0.6 is 11.6 Å². The Morgan fingerprint density at radius 1 is 1.12 bits per heavy atom. The zero-order valence-electron chi connectivity index (χ0n) is 18.4. The van der Waals surface area contributed by atoms with Gasteiger partial charge in [-0.25, -0.2) is 8.42 Å². The van der Waals surface area contributed by atoms with E-state index in [9.17, 15) is 13.2 Å². The van der Waals surface area contributed by atoms with E-state index in [1.54, 1.807) is 18.9 Å². The summed E-state index contributed by atoms with van der Waals surface area (Å²) >= 11 is 6.11. The van der Waals surface area contributed by atoms with Crippen LogP contribution in [0, 0.1) is 0 Å². The summed E-state index contributed by atoms with van der Waals surface area (Å²) in [6.45, 7) is 6.11. The normalized spacial score (nSPS) is 15.4. The molecule has 0 unspecified atom stereocenters. The number of rotatable bonds is 8. The predicted octanol–water partition coefficient (Wildman–Crippen LogP) is 2.76. The van der Waals surface area contributed by atoms with Crippen LogP contribution in [0.4, 0.5) is 5.69 Å². The van der Waals surface area contributed by atoms with Crippen LogP contribution in [0.1, 0.15) is 13.8 Å². The average Bonchev–Trinajstić information content (AvgIpc) is 2.80. The predicted molar refractivity (Wildman–Crippen MR) is 124 cm³/mol. The van der Waals surface area contributed by atoms with Crippen molar-refractivity contribution in [3.8, 4) is 11.5 Å². The first kappa shape index (κ1) is 24.2. The minimum atomic E-state index is -3.92. The molecule has 1 atom stereocenters. The molecule has 1 aliphatic rings. The molecule has 1 heterocycles. The van der Waals surface area contributed by atoms with Gasteiger partial charge in [-0.15, -0.1) is 0 Å². The van der Waals surface area contributed by atoms with E-state index in [4.69, 9.17) is 21.1 Å². The molecule has 0 saturated carbocycles. The van der Waals surface area contributed by atoms with E-state index in [-0.39, 0.29) is 15.8 Å². The van der Waals surface area contributed by atoms with Crippen LogP contribution in [-0.2, 0) is 14.8 Å². The second-order valence-corrected chi connectivity index (χ2v) is 9.50. The fourth-order valence-corrected chi connectivity index (χ4v) is 5.05. The molecular formula is C22H28ClN3O5S. The van der Waals surface area contributed by atoms with Crippen molar-refractivity contribution in [2.75, 3.05) is 44.8 Å². The van der Waals surface area contributed by atoms with Crippen LogP contribution in [0.2, 0.25) is 5.02 Å². The van der Waals surface area contributed by atoms with E-state index in [1.807, 2.05) is 31.2 Å². The fourth-order valence-electron chi connectivity index (χ4n) is 3.52. The molecule has 2 aromatic carbocycles. The first-order valence-electron chi connectivity index (χ1n) is 10.4. The number of methoxy groups -OCH3 is 1. The monoisotopic (exact) mass is 481 g/mol. The molecule has 2 aromatic rings. The average molecular weight is 482 g/mol. The van der Waals surface area contributed by atoms with Crippen molar-refractivity contribution < 1.29 is 22.7 Å². The second-order valence-electron chi connectivity index (χ2n) is 7.38. The van der Waals surface area contributed by atoms with E-state index in [1.165, 1.54) is 18.2 Å². The molecule has 3 rings (SSSR count). The SMILES string of the molecule is CCOc1ccc(S(=O)(=O)N[C@@H](C)C(=O)N2CCN(c3ccc(OC)cc3)CC2)cc1Cl. The van der Waals surface area contributed by atoms with Crippen LogP contribution in [0.5, 0.6) is 11.5 Å².